The van der Waals surface area contributed by atoms with Crippen LogP contribution in [-0.2, 0) is 17.5 Å². The highest BCUT2D eigenvalue weighted by atomic mass is 19.4. The molecule has 0 radical (unpaired) electrons. The molecule has 3 rings (SSSR count). The summed E-state index contributed by atoms with van der Waals surface area (Å²) < 4.78 is 38.9. The monoisotopic (exact) mass is 338 g/mol. The number of benzene rings is 1. The number of alkyl halides is 3. The van der Waals surface area contributed by atoms with Crippen molar-refractivity contribution in [2.75, 3.05) is 6.54 Å². The summed E-state index contributed by atoms with van der Waals surface area (Å²) in [5.41, 5.74) is 0.467. The Morgan fingerprint density at radius 2 is 2.04 bits per heavy atom. The number of nitrogens with zero attached hydrogens (tertiary/aromatic N) is 2. The summed E-state index contributed by atoms with van der Waals surface area (Å²) in [6.07, 6.45) is -1.35. The fourth-order valence-corrected chi connectivity index (χ4v) is 2.61. The number of amides is 1. The lowest BCUT2D eigenvalue weighted by Crippen LogP contribution is -2.39. The molecular weight excluding hydrogens is 321 g/mol. The van der Waals surface area contributed by atoms with Gasteiger partial charge in [-0.25, -0.2) is 4.68 Å². The Morgan fingerprint density at radius 1 is 1.29 bits per heavy atom. The average Bonchev–Trinajstić information content (AvgIpc) is 3.23. The summed E-state index contributed by atoms with van der Waals surface area (Å²) in [6, 6.07) is 7.65. The summed E-state index contributed by atoms with van der Waals surface area (Å²) in [5, 5.41) is 9.50. The highest BCUT2D eigenvalue weighted by Crippen LogP contribution is 2.27. The molecule has 5 nitrogen and oxygen atoms in total. The van der Waals surface area contributed by atoms with Gasteiger partial charge in [-0.3, -0.25) is 4.79 Å². The van der Waals surface area contributed by atoms with E-state index >= 15 is 0 Å². The van der Waals surface area contributed by atoms with Crippen LogP contribution in [0.2, 0.25) is 0 Å². The second-order valence-electron chi connectivity index (χ2n) is 5.68. The van der Waals surface area contributed by atoms with Crippen LogP contribution in [-0.4, -0.2) is 28.3 Å². The molecule has 1 aromatic heterocycles. The lowest BCUT2D eigenvalue weighted by atomic mass is 10.2. The van der Waals surface area contributed by atoms with Crippen molar-refractivity contribution < 1.29 is 18.0 Å². The molecule has 8 heteroatoms. The molecule has 1 unspecified atom stereocenters. The topological polar surface area (TPSA) is 59.0 Å². The van der Waals surface area contributed by atoms with E-state index in [1.807, 2.05) is 0 Å². The van der Waals surface area contributed by atoms with Crippen LogP contribution < -0.4 is 10.6 Å². The van der Waals surface area contributed by atoms with Gasteiger partial charge in [0.1, 0.15) is 0 Å². The maximum atomic E-state index is 12.6. The summed E-state index contributed by atoms with van der Waals surface area (Å²) in [7, 11) is 0. The first kappa shape index (κ1) is 16.5. The Kier molecular flexibility index (Phi) is 4.57. The lowest BCUT2D eigenvalue weighted by Gasteiger charge is -2.11. The van der Waals surface area contributed by atoms with Crippen LogP contribution >= 0.6 is 0 Å². The third-order valence-electron chi connectivity index (χ3n) is 3.92. The van der Waals surface area contributed by atoms with Crippen LogP contribution in [0.1, 0.15) is 24.1 Å². The van der Waals surface area contributed by atoms with Crippen molar-refractivity contribution in [2.24, 2.45) is 0 Å². The van der Waals surface area contributed by atoms with Gasteiger partial charge in [-0.1, -0.05) is 12.1 Å². The van der Waals surface area contributed by atoms with Crippen LogP contribution in [0.5, 0.6) is 0 Å². The molecule has 0 bridgehead atoms. The van der Waals surface area contributed by atoms with Gasteiger partial charge in [0.05, 0.1) is 11.7 Å². The molecule has 24 heavy (non-hydrogen) atoms. The van der Waals surface area contributed by atoms with Gasteiger partial charge in [0.2, 0.25) is 5.91 Å². The number of aromatic nitrogens is 2. The van der Waals surface area contributed by atoms with Gasteiger partial charge < -0.3 is 10.6 Å². The quantitative estimate of drug-likeness (QED) is 0.899. The zero-order chi connectivity index (χ0) is 17.2. The van der Waals surface area contributed by atoms with Crippen molar-refractivity contribution in [1.82, 2.24) is 20.4 Å². The Morgan fingerprint density at radius 3 is 2.62 bits per heavy atom. The first-order valence-electron chi connectivity index (χ1n) is 7.67. The molecule has 2 aromatic rings. The minimum atomic E-state index is -4.45. The Balaban J connectivity index is 1.61. The standard InChI is InChI=1S/C16H17F3N4O/c17-16(18,19)14-7-9-23(22-14)12-5-3-11(4-6-12)10-21-15(24)13-2-1-8-20-13/h3-7,9,13,20H,1-2,8,10H2,(H,21,24). The third kappa shape index (κ3) is 3.76. The second kappa shape index (κ2) is 6.64. The largest absolute Gasteiger partial charge is 0.435 e. The summed E-state index contributed by atoms with van der Waals surface area (Å²) in [6.45, 7) is 1.24. The predicted octanol–water partition coefficient (Wildman–Crippen LogP) is 2.26. The van der Waals surface area contributed by atoms with E-state index in [0.717, 1.165) is 31.0 Å². The van der Waals surface area contributed by atoms with Crippen LogP contribution in [0, 0.1) is 0 Å². The summed E-state index contributed by atoms with van der Waals surface area (Å²) in [4.78, 5) is 11.9. The number of carbonyl (C=O) groups excluding carboxylic acids is 1. The van der Waals surface area contributed by atoms with Gasteiger partial charge in [-0.05, 0) is 43.1 Å². The molecule has 1 aliphatic heterocycles. The van der Waals surface area contributed by atoms with E-state index in [9.17, 15) is 18.0 Å². The lowest BCUT2D eigenvalue weighted by molar-refractivity contribution is -0.141. The molecule has 1 atom stereocenters. The minimum absolute atomic E-state index is 0.0292. The molecule has 1 aliphatic rings. The smallest absolute Gasteiger partial charge is 0.351 e. The van der Waals surface area contributed by atoms with E-state index in [4.69, 9.17) is 0 Å². The highest BCUT2D eigenvalue weighted by molar-refractivity contribution is 5.81. The van der Waals surface area contributed by atoms with Crippen molar-refractivity contribution in [2.45, 2.75) is 31.6 Å². The molecule has 0 spiro atoms. The molecule has 1 saturated heterocycles. The predicted molar refractivity (Wildman–Crippen MR) is 81.4 cm³/mol. The van der Waals surface area contributed by atoms with E-state index in [0.29, 0.717) is 12.2 Å². The van der Waals surface area contributed by atoms with Crippen LogP contribution in [0.25, 0.3) is 5.69 Å². The second-order valence-corrected chi connectivity index (χ2v) is 5.68. The van der Waals surface area contributed by atoms with Gasteiger partial charge in [0.25, 0.3) is 0 Å². The van der Waals surface area contributed by atoms with Crippen molar-refractivity contribution in [1.29, 1.82) is 0 Å². The molecule has 0 aliphatic carbocycles. The van der Waals surface area contributed by atoms with Gasteiger partial charge in [0.15, 0.2) is 5.69 Å². The molecule has 0 saturated carbocycles. The number of nitrogens with one attached hydrogen (secondary N) is 2. The maximum Gasteiger partial charge on any atom is 0.435 e. The third-order valence-corrected chi connectivity index (χ3v) is 3.92. The Labute approximate surface area is 136 Å². The zero-order valence-electron chi connectivity index (χ0n) is 12.8. The van der Waals surface area contributed by atoms with Crippen molar-refractivity contribution in [3.05, 3.63) is 47.8 Å². The van der Waals surface area contributed by atoms with E-state index < -0.39 is 11.9 Å². The van der Waals surface area contributed by atoms with E-state index in [2.05, 4.69) is 15.7 Å². The molecular formula is C16H17F3N4O. The summed E-state index contributed by atoms with van der Waals surface area (Å²) >= 11 is 0. The number of carbonyl (C=O) groups is 1. The number of halogens is 3. The Bertz CT molecular complexity index is 703. The SMILES string of the molecule is O=C(NCc1ccc(-n2ccc(C(F)(F)F)n2)cc1)C1CCCN1. The molecule has 1 aromatic carbocycles. The molecule has 2 N–H and O–H groups in total. The van der Waals surface area contributed by atoms with E-state index in [1.165, 1.54) is 10.9 Å². The van der Waals surface area contributed by atoms with Gasteiger partial charge >= 0.3 is 6.18 Å². The Hall–Kier alpha value is -2.35. The molecule has 128 valence electrons. The first-order valence-corrected chi connectivity index (χ1v) is 7.67. The number of hydrogen-bond acceptors (Lipinski definition) is 3. The van der Waals surface area contributed by atoms with Gasteiger partial charge in [-0.2, -0.15) is 18.3 Å². The van der Waals surface area contributed by atoms with Gasteiger partial charge in [0, 0.05) is 12.7 Å². The maximum absolute atomic E-state index is 12.6. The summed E-state index contributed by atoms with van der Waals surface area (Å²) in [5.74, 6) is -0.0292. The van der Waals surface area contributed by atoms with Crippen molar-refractivity contribution in [3.63, 3.8) is 0 Å². The highest BCUT2D eigenvalue weighted by Gasteiger charge is 2.33. The zero-order valence-corrected chi connectivity index (χ0v) is 12.8. The molecule has 1 fully saturated rings. The van der Waals surface area contributed by atoms with Crippen LogP contribution in [0.3, 0.4) is 0 Å². The minimum Gasteiger partial charge on any atom is -0.351 e. The van der Waals surface area contributed by atoms with E-state index in [1.54, 1.807) is 24.3 Å². The normalized spacial score (nSPS) is 17.9. The van der Waals surface area contributed by atoms with Crippen molar-refractivity contribution >= 4 is 5.91 Å². The fraction of sp³-hybridized carbons (Fsp3) is 0.375. The molecule has 1 amide bonds. The number of hydrogen-bond donors (Lipinski definition) is 2. The van der Waals surface area contributed by atoms with Crippen molar-refractivity contribution in [3.8, 4) is 5.69 Å². The first-order chi connectivity index (χ1) is 11.4. The molecule has 2 heterocycles. The van der Waals surface area contributed by atoms with E-state index in [-0.39, 0.29) is 11.9 Å². The average molecular weight is 338 g/mol. The van der Waals surface area contributed by atoms with Gasteiger partial charge in [-0.15, -0.1) is 0 Å². The van der Waals surface area contributed by atoms with Crippen LogP contribution in [0.4, 0.5) is 13.2 Å². The fourth-order valence-electron chi connectivity index (χ4n) is 2.61. The number of rotatable bonds is 4. The van der Waals surface area contributed by atoms with Crippen LogP contribution in [0.15, 0.2) is 36.5 Å².